The second-order valence-electron chi connectivity index (χ2n) is 13.2. The minimum atomic E-state index is 1.32. The van der Waals surface area contributed by atoms with Gasteiger partial charge in [-0.2, -0.15) is 0 Å². The highest BCUT2D eigenvalue weighted by Gasteiger charge is 2.04. The molecule has 0 aliphatic carbocycles. The van der Waals surface area contributed by atoms with Gasteiger partial charge in [0.05, 0.1) is 0 Å². The maximum Gasteiger partial charge on any atom is -0.00218 e. The first-order valence-corrected chi connectivity index (χ1v) is 17.4. The molecule has 0 radical (unpaired) electrons. The summed E-state index contributed by atoms with van der Waals surface area (Å²) >= 11 is 0. The molecule has 39 heavy (non-hydrogen) atoms. The standard InChI is InChI=1S/4C7H15N.C6H13N/c4*1-8-6-4-2-3-5-7-8;1-7-5-3-2-4-6-7/h4*2-7H2,1H3;2-6H2,1H3. The second-order valence-corrected chi connectivity index (χ2v) is 13.2. The monoisotopic (exact) mass is 552 g/mol. The van der Waals surface area contributed by atoms with E-state index in [0.717, 1.165) is 0 Å². The van der Waals surface area contributed by atoms with E-state index in [9.17, 15) is 0 Å². The first-order valence-electron chi connectivity index (χ1n) is 17.4. The van der Waals surface area contributed by atoms with Crippen molar-refractivity contribution in [3.63, 3.8) is 0 Å². The number of hydrogen-bond acceptors (Lipinski definition) is 5. The van der Waals surface area contributed by atoms with Gasteiger partial charge in [0.1, 0.15) is 0 Å². The zero-order valence-electron chi connectivity index (χ0n) is 27.7. The molecule has 5 saturated heterocycles. The molecule has 0 saturated carbocycles. The topological polar surface area (TPSA) is 16.2 Å². The molecule has 5 nitrogen and oxygen atoms in total. The van der Waals surface area contributed by atoms with Crippen molar-refractivity contribution in [2.45, 2.75) is 122 Å². The summed E-state index contributed by atoms with van der Waals surface area (Å²) in [4.78, 5) is 12.1. The van der Waals surface area contributed by atoms with Crippen LogP contribution in [-0.2, 0) is 0 Å². The summed E-state index contributed by atoms with van der Waals surface area (Å²) in [6.07, 6.45) is 27.2. The molecule has 5 aliphatic heterocycles. The molecule has 0 aromatic carbocycles. The van der Waals surface area contributed by atoms with Crippen LogP contribution in [-0.4, -0.2) is 125 Å². The molecule has 0 spiro atoms. The van der Waals surface area contributed by atoms with Crippen LogP contribution in [0.3, 0.4) is 0 Å². The summed E-state index contributed by atoms with van der Waals surface area (Å²) in [5.41, 5.74) is 0. The Hall–Kier alpha value is -0.200. The average Bonchev–Trinajstić information content (AvgIpc) is 3.51. The molecule has 5 fully saturated rings. The molecule has 0 bridgehead atoms. The Morgan fingerprint density at radius 1 is 0.179 bits per heavy atom. The Bertz CT molecular complexity index is 392. The molecule has 5 rings (SSSR count). The number of piperidine rings is 1. The molecule has 0 N–H and O–H groups in total. The number of hydrogen-bond donors (Lipinski definition) is 0. The molecular formula is C34H73N5. The third-order valence-corrected chi connectivity index (χ3v) is 8.90. The van der Waals surface area contributed by atoms with Crippen molar-refractivity contribution in [2.24, 2.45) is 0 Å². The summed E-state index contributed by atoms with van der Waals surface area (Å²) in [6, 6.07) is 0. The Morgan fingerprint density at radius 3 is 0.410 bits per heavy atom. The van der Waals surface area contributed by atoms with Gasteiger partial charge in [-0.15, -0.1) is 0 Å². The molecule has 0 aromatic heterocycles. The van der Waals surface area contributed by atoms with Gasteiger partial charge < -0.3 is 24.5 Å². The van der Waals surface area contributed by atoms with Gasteiger partial charge in [-0.3, -0.25) is 0 Å². The first-order chi connectivity index (χ1) is 19.0. The van der Waals surface area contributed by atoms with Crippen LogP contribution >= 0.6 is 0 Å². The van der Waals surface area contributed by atoms with Gasteiger partial charge in [0.25, 0.3) is 0 Å². The van der Waals surface area contributed by atoms with Crippen LogP contribution in [0.25, 0.3) is 0 Å². The van der Waals surface area contributed by atoms with Crippen LogP contribution in [0.15, 0.2) is 0 Å². The second kappa shape index (κ2) is 26.7. The molecule has 0 aromatic rings. The van der Waals surface area contributed by atoms with Crippen molar-refractivity contribution < 1.29 is 0 Å². The van der Waals surface area contributed by atoms with Crippen LogP contribution in [0.5, 0.6) is 0 Å². The fourth-order valence-electron chi connectivity index (χ4n) is 5.97. The SMILES string of the molecule is CN1CCCCC1.CN1CCCCCC1.CN1CCCCCC1.CN1CCCCCC1.CN1CCCCCC1. The van der Waals surface area contributed by atoms with E-state index in [1.165, 1.54) is 187 Å². The van der Waals surface area contributed by atoms with Crippen molar-refractivity contribution in [3.05, 3.63) is 0 Å². The summed E-state index contributed by atoms with van der Waals surface area (Å²) in [5.74, 6) is 0. The van der Waals surface area contributed by atoms with Crippen molar-refractivity contribution in [1.82, 2.24) is 24.5 Å². The number of nitrogens with zero attached hydrogens (tertiary/aromatic N) is 5. The predicted molar refractivity (Wildman–Crippen MR) is 175 cm³/mol. The molecule has 5 aliphatic rings. The normalized spacial score (nSPS) is 25.2. The minimum absolute atomic E-state index is 1.32. The van der Waals surface area contributed by atoms with Crippen molar-refractivity contribution in [2.75, 3.05) is 101 Å². The smallest absolute Gasteiger partial charge is 0.00218 e. The van der Waals surface area contributed by atoms with E-state index in [4.69, 9.17) is 0 Å². The molecule has 5 heteroatoms. The highest BCUT2D eigenvalue weighted by atomic mass is 15.1. The average molecular weight is 552 g/mol. The summed E-state index contributed by atoms with van der Waals surface area (Å²) < 4.78 is 0. The van der Waals surface area contributed by atoms with E-state index in [-0.39, 0.29) is 0 Å². The van der Waals surface area contributed by atoms with Crippen LogP contribution in [0.4, 0.5) is 0 Å². The molecular weight excluding hydrogens is 478 g/mol. The van der Waals surface area contributed by atoms with E-state index >= 15 is 0 Å². The maximum atomic E-state index is 2.42. The molecule has 0 amide bonds. The van der Waals surface area contributed by atoms with E-state index < -0.39 is 0 Å². The summed E-state index contributed by atoms with van der Waals surface area (Å²) in [6.45, 7) is 13.2. The van der Waals surface area contributed by atoms with E-state index in [2.05, 4.69) is 59.7 Å². The number of rotatable bonds is 0. The zero-order valence-corrected chi connectivity index (χ0v) is 27.7. The highest BCUT2D eigenvalue weighted by Crippen LogP contribution is 2.09. The zero-order chi connectivity index (χ0) is 28.4. The van der Waals surface area contributed by atoms with Gasteiger partial charge in [-0.05, 0) is 165 Å². The largest absolute Gasteiger partial charge is 0.306 e. The summed E-state index contributed by atoms with van der Waals surface area (Å²) in [7, 11) is 11.0. The molecule has 5 heterocycles. The highest BCUT2D eigenvalue weighted by molar-refractivity contribution is 4.60. The van der Waals surface area contributed by atoms with Gasteiger partial charge in [0.15, 0.2) is 0 Å². The van der Waals surface area contributed by atoms with Crippen LogP contribution in [0.1, 0.15) is 122 Å². The van der Waals surface area contributed by atoms with Crippen LogP contribution in [0.2, 0.25) is 0 Å². The van der Waals surface area contributed by atoms with E-state index in [0.29, 0.717) is 0 Å². The van der Waals surface area contributed by atoms with Crippen LogP contribution in [0, 0.1) is 0 Å². The van der Waals surface area contributed by atoms with Crippen molar-refractivity contribution in [1.29, 1.82) is 0 Å². The maximum absolute atomic E-state index is 2.42. The van der Waals surface area contributed by atoms with Gasteiger partial charge in [-0.25, -0.2) is 0 Å². The Balaban J connectivity index is 0.000000244. The van der Waals surface area contributed by atoms with E-state index in [1.54, 1.807) is 0 Å². The van der Waals surface area contributed by atoms with E-state index in [1.807, 2.05) is 0 Å². The Morgan fingerprint density at radius 2 is 0.282 bits per heavy atom. The lowest BCUT2D eigenvalue weighted by Gasteiger charge is -2.20. The minimum Gasteiger partial charge on any atom is -0.306 e. The fraction of sp³-hybridized carbons (Fsp3) is 1.00. The Labute approximate surface area is 247 Å². The van der Waals surface area contributed by atoms with Gasteiger partial charge >= 0.3 is 0 Å². The van der Waals surface area contributed by atoms with Crippen molar-refractivity contribution >= 4 is 0 Å². The quantitative estimate of drug-likeness (QED) is 0.319. The third-order valence-electron chi connectivity index (χ3n) is 8.90. The lowest BCUT2D eigenvalue weighted by Crippen LogP contribution is -2.24. The first kappa shape index (κ1) is 36.8. The molecule has 0 unspecified atom stereocenters. The third kappa shape index (κ3) is 25.3. The Kier molecular flexibility index (Phi) is 25.2. The van der Waals surface area contributed by atoms with Crippen molar-refractivity contribution in [3.8, 4) is 0 Å². The van der Waals surface area contributed by atoms with Crippen LogP contribution < -0.4 is 0 Å². The summed E-state index contributed by atoms with van der Waals surface area (Å²) in [5, 5.41) is 0. The predicted octanol–water partition coefficient (Wildman–Crippen LogP) is 7.07. The molecule has 0 atom stereocenters. The van der Waals surface area contributed by atoms with Gasteiger partial charge in [0, 0.05) is 0 Å². The lowest BCUT2D eigenvalue weighted by atomic mass is 10.1. The van der Waals surface area contributed by atoms with Gasteiger partial charge in [-0.1, -0.05) is 57.8 Å². The lowest BCUT2D eigenvalue weighted by molar-refractivity contribution is 0.277. The fourth-order valence-corrected chi connectivity index (χ4v) is 5.97. The van der Waals surface area contributed by atoms with Gasteiger partial charge in [0.2, 0.25) is 0 Å². The number of likely N-dealkylation sites (tertiary alicyclic amines) is 5. The molecule has 234 valence electrons.